The third kappa shape index (κ3) is 3.58. The van der Waals surface area contributed by atoms with Gasteiger partial charge in [0.25, 0.3) is 0 Å². The Morgan fingerprint density at radius 3 is 2.36 bits per heavy atom. The van der Waals surface area contributed by atoms with Crippen LogP contribution in [0.2, 0.25) is 0 Å². The fourth-order valence-corrected chi connectivity index (χ4v) is 1.96. The van der Waals surface area contributed by atoms with Gasteiger partial charge in [-0.1, -0.05) is 26.7 Å². The highest BCUT2D eigenvalue weighted by Gasteiger charge is 2.33. The van der Waals surface area contributed by atoms with Gasteiger partial charge in [-0.3, -0.25) is 4.84 Å². The molecule has 1 aliphatic carbocycles. The summed E-state index contributed by atoms with van der Waals surface area (Å²) in [5.41, 5.74) is 3.54. The van der Waals surface area contributed by atoms with Gasteiger partial charge >= 0.3 is 0 Å². The van der Waals surface area contributed by atoms with Crippen LogP contribution in [0.3, 0.4) is 0 Å². The number of hydroxylamine groups is 1. The third-order valence-corrected chi connectivity index (χ3v) is 3.01. The summed E-state index contributed by atoms with van der Waals surface area (Å²) in [5.74, 6) is 0. The number of hydrogen-bond acceptors (Lipinski definition) is 2. The molecule has 1 N–H and O–H groups in total. The van der Waals surface area contributed by atoms with Gasteiger partial charge in [-0.05, 0) is 39.0 Å². The van der Waals surface area contributed by atoms with E-state index in [0.29, 0.717) is 11.5 Å². The lowest BCUT2D eigenvalue weighted by atomic mass is 9.74. The molecule has 14 heavy (non-hydrogen) atoms. The zero-order valence-electron chi connectivity index (χ0n) is 10.3. The first-order valence-corrected chi connectivity index (χ1v) is 5.75. The van der Waals surface area contributed by atoms with Crippen molar-refractivity contribution in [2.75, 3.05) is 0 Å². The zero-order valence-corrected chi connectivity index (χ0v) is 10.3. The fourth-order valence-electron chi connectivity index (χ4n) is 1.96. The Balaban J connectivity index is 2.42. The summed E-state index contributed by atoms with van der Waals surface area (Å²) in [4.78, 5) is 5.65. The van der Waals surface area contributed by atoms with Crippen molar-refractivity contribution in [3.8, 4) is 0 Å². The molecule has 0 bridgehead atoms. The van der Waals surface area contributed by atoms with E-state index < -0.39 is 0 Å². The van der Waals surface area contributed by atoms with Crippen molar-refractivity contribution in [3.63, 3.8) is 0 Å². The van der Waals surface area contributed by atoms with E-state index >= 15 is 0 Å². The van der Waals surface area contributed by atoms with Crippen LogP contribution < -0.4 is 5.48 Å². The largest absolute Gasteiger partial charge is 0.296 e. The van der Waals surface area contributed by atoms with Gasteiger partial charge in [0.1, 0.15) is 0 Å². The van der Waals surface area contributed by atoms with Crippen LogP contribution >= 0.6 is 0 Å². The van der Waals surface area contributed by atoms with Crippen LogP contribution in [-0.4, -0.2) is 11.6 Å². The summed E-state index contributed by atoms with van der Waals surface area (Å²) in [5, 5.41) is 0. The highest BCUT2D eigenvalue weighted by molar-refractivity contribution is 4.86. The first-order chi connectivity index (χ1) is 6.31. The van der Waals surface area contributed by atoms with E-state index in [2.05, 4.69) is 40.1 Å². The molecule has 1 rings (SSSR count). The second-order valence-corrected chi connectivity index (χ2v) is 6.12. The molecule has 0 aromatic rings. The van der Waals surface area contributed by atoms with E-state index in [1.54, 1.807) is 0 Å². The van der Waals surface area contributed by atoms with Gasteiger partial charge in [-0.25, -0.2) is 0 Å². The Morgan fingerprint density at radius 1 is 1.21 bits per heavy atom. The predicted octanol–water partition coefficient (Wildman–Crippen LogP) is 3.27. The van der Waals surface area contributed by atoms with Crippen LogP contribution in [0, 0.1) is 5.41 Å². The van der Waals surface area contributed by atoms with Crippen molar-refractivity contribution < 1.29 is 4.84 Å². The van der Waals surface area contributed by atoms with Crippen molar-refractivity contribution in [1.82, 2.24) is 5.48 Å². The number of hydrogen-bond donors (Lipinski definition) is 1. The van der Waals surface area contributed by atoms with Gasteiger partial charge in [0.15, 0.2) is 0 Å². The molecule has 0 spiro atoms. The molecule has 84 valence electrons. The van der Waals surface area contributed by atoms with Gasteiger partial charge in [0.2, 0.25) is 0 Å². The summed E-state index contributed by atoms with van der Waals surface area (Å²) >= 11 is 0. The molecule has 2 heteroatoms. The Kier molecular flexibility index (Phi) is 3.59. The molecule has 1 atom stereocenters. The van der Waals surface area contributed by atoms with E-state index in [9.17, 15) is 0 Å². The fraction of sp³-hybridized carbons (Fsp3) is 1.00. The second-order valence-electron chi connectivity index (χ2n) is 6.12. The quantitative estimate of drug-likeness (QED) is 0.689. The first-order valence-electron chi connectivity index (χ1n) is 5.75. The maximum Gasteiger partial charge on any atom is 0.0813 e. The van der Waals surface area contributed by atoms with E-state index in [1.807, 2.05) is 0 Å². The Hall–Kier alpha value is -0.0800. The average Bonchev–Trinajstić information content (AvgIpc) is 2.00. The van der Waals surface area contributed by atoms with Crippen LogP contribution in [0.25, 0.3) is 0 Å². The minimum absolute atomic E-state index is 0.0898. The maximum atomic E-state index is 5.65. The average molecular weight is 199 g/mol. The summed E-state index contributed by atoms with van der Waals surface area (Å²) in [6, 6.07) is 0.510. The molecule has 0 saturated heterocycles. The van der Waals surface area contributed by atoms with Crippen LogP contribution in [0.4, 0.5) is 0 Å². The summed E-state index contributed by atoms with van der Waals surface area (Å²) < 4.78 is 0. The van der Waals surface area contributed by atoms with Crippen molar-refractivity contribution in [2.45, 2.75) is 71.9 Å². The van der Waals surface area contributed by atoms with Crippen LogP contribution in [0.5, 0.6) is 0 Å². The molecule has 1 unspecified atom stereocenters. The van der Waals surface area contributed by atoms with Gasteiger partial charge in [0, 0.05) is 6.04 Å². The third-order valence-electron chi connectivity index (χ3n) is 3.01. The smallest absolute Gasteiger partial charge is 0.0813 e. The highest BCUT2D eigenvalue weighted by Crippen LogP contribution is 2.35. The molecule has 0 amide bonds. The Morgan fingerprint density at radius 2 is 1.86 bits per heavy atom. The van der Waals surface area contributed by atoms with Crippen LogP contribution in [0.15, 0.2) is 0 Å². The zero-order chi connectivity index (χ0) is 10.8. The van der Waals surface area contributed by atoms with Crippen molar-refractivity contribution >= 4 is 0 Å². The standard InChI is InChI=1S/C12H25NO/c1-11(2,3)14-13-10-8-6-7-9-12(10,4)5/h10,13H,6-9H2,1-5H3. The first kappa shape index (κ1) is 12.0. The minimum atomic E-state index is -0.0898. The van der Waals surface area contributed by atoms with Gasteiger partial charge in [-0.2, -0.15) is 5.48 Å². The SMILES string of the molecule is CC(C)(C)ONC1CCCCC1(C)C. The van der Waals surface area contributed by atoms with E-state index in [-0.39, 0.29) is 5.60 Å². The van der Waals surface area contributed by atoms with Crippen molar-refractivity contribution in [1.29, 1.82) is 0 Å². The molecule has 0 aliphatic heterocycles. The monoisotopic (exact) mass is 199 g/mol. The molecule has 0 aromatic heterocycles. The molecule has 1 aliphatic rings. The maximum absolute atomic E-state index is 5.65. The number of nitrogens with one attached hydrogen (secondary N) is 1. The van der Waals surface area contributed by atoms with Crippen LogP contribution in [0.1, 0.15) is 60.3 Å². The van der Waals surface area contributed by atoms with Crippen molar-refractivity contribution in [2.24, 2.45) is 5.41 Å². The normalized spacial score (nSPS) is 27.6. The molecule has 1 fully saturated rings. The minimum Gasteiger partial charge on any atom is -0.296 e. The van der Waals surface area contributed by atoms with Gasteiger partial charge in [0.05, 0.1) is 5.60 Å². The van der Waals surface area contributed by atoms with Gasteiger partial charge < -0.3 is 0 Å². The predicted molar refractivity (Wildman–Crippen MR) is 60.0 cm³/mol. The summed E-state index contributed by atoms with van der Waals surface area (Å²) in [6.45, 7) is 10.9. The highest BCUT2D eigenvalue weighted by atomic mass is 16.7. The summed E-state index contributed by atoms with van der Waals surface area (Å²) in [6.07, 6.45) is 5.23. The molecule has 2 nitrogen and oxygen atoms in total. The lowest BCUT2D eigenvalue weighted by molar-refractivity contribution is -0.111. The summed E-state index contributed by atoms with van der Waals surface area (Å²) in [7, 11) is 0. The molecule has 0 radical (unpaired) electrons. The van der Waals surface area contributed by atoms with E-state index in [4.69, 9.17) is 4.84 Å². The van der Waals surface area contributed by atoms with Gasteiger partial charge in [-0.15, -0.1) is 0 Å². The molecule has 0 aromatic carbocycles. The molecular weight excluding hydrogens is 174 g/mol. The molecule has 1 saturated carbocycles. The number of rotatable bonds is 2. The lowest BCUT2D eigenvalue weighted by Crippen LogP contribution is -2.46. The molecular formula is C12H25NO. The molecule has 0 heterocycles. The lowest BCUT2D eigenvalue weighted by Gasteiger charge is -2.40. The van der Waals surface area contributed by atoms with E-state index in [0.717, 1.165) is 0 Å². The Bertz CT molecular complexity index is 181. The van der Waals surface area contributed by atoms with Crippen LogP contribution in [-0.2, 0) is 4.84 Å². The van der Waals surface area contributed by atoms with E-state index in [1.165, 1.54) is 25.7 Å². The Labute approximate surface area is 88.4 Å². The topological polar surface area (TPSA) is 21.3 Å². The second kappa shape index (κ2) is 4.19. The van der Waals surface area contributed by atoms with Crippen molar-refractivity contribution in [3.05, 3.63) is 0 Å².